The number of thioether (sulfide) groups is 2. The average Bonchev–Trinajstić information content (AvgIpc) is 3.18. The van der Waals surface area contributed by atoms with E-state index in [0.29, 0.717) is 0 Å². The maximum atomic E-state index is 13.2. The van der Waals surface area contributed by atoms with Crippen LogP contribution in [0.3, 0.4) is 0 Å². The van der Waals surface area contributed by atoms with Gasteiger partial charge in [0, 0.05) is 23.5 Å². The Kier molecular flexibility index (Phi) is 5.21. The van der Waals surface area contributed by atoms with E-state index in [9.17, 15) is 4.79 Å². The Bertz CT molecular complexity index is 787. The van der Waals surface area contributed by atoms with Crippen molar-refractivity contribution in [3.8, 4) is 5.75 Å². The summed E-state index contributed by atoms with van der Waals surface area (Å²) >= 11 is 8.73. The van der Waals surface area contributed by atoms with Gasteiger partial charge in [-0.15, -0.1) is 0 Å². The molecule has 1 aliphatic carbocycles. The highest BCUT2D eigenvalue weighted by Crippen LogP contribution is 2.52. The third-order valence-corrected chi connectivity index (χ3v) is 7.86. The van der Waals surface area contributed by atoms with Crippen molar-refractivity contribution in [3.63, 3.8) is 0 Å². The number of benzene rings is 1. The molecule has 0 spiro atoms. The fraction of sp³-hybridized carbons (Fsp3) is 0.474. The molecule has 7 heteroatoms. The molecule has 1 aromatic carbocycles. The highest BCUT2D eigenvalue weighted by Gasteiger charge is 2.41. The molecule has 138 valence electrons. The van der Waals surface area contributed by atoms with Gasteiger partial charge in [0.2, 0.25) is 0 Å². The topological polar surface area (TPSA) is 32.8 Å². The molecule has 2 fully saturated rings. The zero-order valence-electron chi connectivity index (χ0n) is 15.0. The number of thiocarbonyl (C=S) groups is 1. The molecule has 0 bridgehead atoms. The van der Waals surface area contributed by atoms with Gasteiger partial charge in [-0.25, -0.2) is 0 Å². The molecule has 0 radical (unpaired) electrons. The molecule has 1 aromatic rings. The maximum absolute atomic E-state index is 13.2. The van der Waals surface area contributed by atoms with Gasteiger partial charge in [0.05, 0.1) is 12.8 Å². The lowest BCUT2D eigenvalue weighted by molar-refractivity contribution is -0.124. The minimum atomic E-state index is 0.0904. The molecule has 0 unspecified atom stereocenters. The zero-order chi connectivity index (χ0) is 18.3. The van der Waals surface area contributed by atoms with E-state index in [1.807, 2.05) is 17.0 Å². The molecule has 0 atom stereocenters. The van der Waals surface area contributed by atoms with Gasteiger partial charge in [-0.3, -0.25) is 9.69 Å². The van der Waals surface area contributed by atoms with Crippen LogP contribution < -0.4 is 9.64 Å². The van der Waals surface area contributed by atoms with E-state index in [4.69, 9.17) is 17.0 Å². The number of fused-ring (bicyclic) bond motifs is 1. The van der Waals surface area contributed by atoms with Crippen molar-refractivity contribution in [2.75, 3.05) is 18.6 Å². The van der Waals surface area contributed by atoms with E-state index < -0.39 is 0 Å². The molecule has 0 N–H and O–H groups in total. The fourth-order valence-corrected chi connectivity index (χ4v) is 6.59. The van der Waals surface area contributed by atoms with Crippen LogP contribution in [-0.4, -0.2) is 34.8 Å². The molecule has 2 aliphatic heterocycles. The van der Waals surface area contributed by atoms with Crippen molar-refractivity contribution in [3.05, 3.63) is 28.1 Å². The predicted octanol–water partition coefficient (Wildman–Crippen LogP) is 4.99. The molecule has 2 heterocycles. The SMILES string of the molecule is CCN1/C(=C2/SC(=S)N(C3CCCCC3)C2=O)Sc2ccc(OC)cc21. The normalized spacial score (nSPS) is 23.8. The Morgan fingerprint density at radius 1 is 1.23 bits per heavy atom. The molecule has 0 aromatic heterocycles. The second-order valence-corrected chi connectivity index (χ2v) is 9.32. The number of rotatable bonds is 3. The third-order valence-electron chi connectivity index (χ3n) is 5.16. The number of nitrogens with zero attached hydrogens (tertiary/aromatic N) is 2. The number of amides is 1. The van der Waals surface area contributed by atoms with Gasteiger partial charge in [0.1, 0.15) is 20.0 Å². The van der Waals surface area contributed by atoms with Gasteiger partial charge in [-0.05, 0) is 31.9 Å². The first-order valence-electron chi connectivity index (χ1n) is 9.07. The summed E-state index contributed by atoms with van der Waals surface area (Å²) in [6.45, 7) is 2.91. The standard InChI is InChI=1S/C19H22N2O2S3/c1-3-20-14-11-13(23-2)9-10-15(14)25-18(20)16-17(22)21(19(24)26-16)12-7-5-4-6-8-12/h9-12H,3-8H2,1-2H3/b18-16-. The first-order valence-corrected chi connectivity index (χ1v) is 11.1. The Morgan fingerprint density at radius 3 is 2.69 bits per heavy atom. The smallest absolute Gasteiger partial charge is 0.269 e. The fourth-order valence-electron chi connectivity index (χ4n) is 3.83. The molecular weight excluding hydrogens is 384 g/mol. The molecule has 1 saturated heterocycles. The van der Waals surface area contributed by atoms with Gasteiger partial charge in [0.25, 0.3) is 5.91 Å². The minimum Gasteiger partial charge on any atom is -0.497 e. The first-order chi connectivity index (χ1) is 12.6. The molecule has 4 rings (SSSR count). The third kappa shape index (κ3) is 3.04. The van der Waals surface area contributed by atoms with Crippen LogP contribution in [0.1, 0.15) is 39.0 Å². The Balaban J connectivity index is 1.68. The predicted molar refractivity (Wildman–Crippen MR) is 113 cm³/mol. The summed E-state index contributed by atoms with van der Waals surface area (Å²) in [5.41, 5.74) is 1.11. The zero-order valence-corrected chi connectivity index (χ0v) is 17.4. The van der Waals surface area contributed by atoms with Crippen molar-refractivity contribution in [2.24, 2.45) is 0 Å². The van der Waals surface area contributed by atoms with E-state index in [1.54, 1.807) is 18.9 Å². The van der Waals surface area contributed by atoms with E-state index >= 15 is 0 Å². The highest BCUT2D eigenvalue weighted by atomic mass is 32.2. The second kappa shape index (κ2) is 7.44. The first kappa shape index (κ1) is 18.2. The van der Waals surface area contributed by atoms with E-state index in [0.717, 1.165) is 50.0 Å². The monoisotopic (exact) mass is 406 g/mol. The van der Waals surface area contributed by atoms with Gasteiger partial charge in [-0.1, -0.05) is 55.0 Å². The number of carbonyl (C=O) groups is 1. The maximum Gasteiger partial charge on any atom is 0.269 e. The van der Waals surface area contributed by atoms with E-state index in [-0.39, 0.29) is 11.9 Å². The van der Waals surface area contributed by atoms with Crippen LogP contribution in [0, 0.1) is 0 Å². The summed E-state index contributed by atoms with van der Waals surface area (Å²) in [7, 11) is 1.68. The lowest BCUT2D eigenvalue weighted by atomic mass is 9.94. The summed E-state index contributed by atoms with van der Waals surface area (Å²) in [5, 5.41) is 1.01. The summed E-state index contributed by atoms with van der Waals surface area (Å²) < 4.78 is 6.09. The van der Waals surface area contributed by atoms with Crippen LogP contribution in [0.5, 0.6) is 5.75 Å². The van der Waals surface area contributed by atoms with Crippen LogP contribution in [0.15, 0.2) is 33.0 Å². The molecular formula is C19H22N2O2S3. The van der Waals surface area contributed by atoms with Crippen molar-refractivity contribution >= 4 is 51.7 Å². The van der Waals surface area contributed by atoms with Crippen molar-refractivity contribution in [1.29, 1.82) is 0 Å². The van der Waals surface area contributed by atoms with Gasteiger partial charge < -0.3 is 9.64 Å². The quantitative estimate of drug-likeness (QED) is 0.519. The lowest BCUT2D eigenvalue weighted by Gasteiger charge is -2.30. The number of carbonyl (C=O) groups excluding carboxylic acids is 1. The largest absolute Gasteiger partial charge is 0.497 e. The van der Waals surface area contributed by atoms with Crippen molar-refractivity contribution < 1.29 is 9.53 Å². The second-order valence-electron chi connectivity index (χ2n) is 6.65. The Morgan fingerprint density at radius 2 is 2.00 bits per heavy atom. The lowest BCUT2D eigenvalue weighted by Crippen LogP contribution is -2.40. The van der Waals surface area contributed by atoms with E-state index in [2.05, 4.69) is 17.9 Å². The number of hydrogen-bond donors (Lipinski definition) is 0. The van der Waals surface area contributed by atoms with Crippen LogP contribution in [0.4, 0.5) is 5.69 Å². The molecule has 3 aliphatic rings. The van der Waals surface area contributed by atoms with Crippen LogP contribution in [-0.2, 0) is 4.79 Å². The van der Waals surface area contributed by atoms with Gasteiger partial charge >= 0.3 is 0 Å². The average molecular weight is 407 g/mol. The molecule has 1 saturated carbocycles. The van der Waals surface area contributed by atoms with Gasteiger partial charge in [-0.2, -0.15) is 0 Å². The van der Waals surface area contributed by atoms with E-state index in [1.165, 1.54) is 31.0 Å². The summed E-state index contributed by atoms with van der Waals surface area (Å²) in [6, 6.07) is 6.35. The minimum absolute atomic E-state index is 0.0904. The molecule has 26 heavy (non-hydrogen) atoms. The number of hydrogen-bond acceptors (Lipinski definition) is 6. The number of methoxy groups -OCH3 is 1. The molecule has 4 nitrogen and oxygen atoms in total. The number of anilines is 1. The van der Waals surface area contributed by atoms with Crippen LogP contribution >= 0.6 is 35.7 Å². The van der Waals surface area contributed by atoms with Crippen LogP contribution in [0.2, 0.25) is 0 Å². The highest BCUT2D eigenvalue weighted by molar-refractivity contribution is 8.27. The summed E-state index contributed by atoms with van der Waals surface area (Å²) in [4.78, 5) is 19.3. The number of ether oxygens (including phenoxy) is 1. The summed E-state index contributed by atoms with van der Waals surface area (Å²) in [5.74, 6) is 0.923. The van der Waals surface area contributed by atoms with Crippen LogP contribution in [0.25, 0.3) is 0 Å². The Hall–Kier alpha value is -1.18. The van der Waals surface area contributed by atoms with Crippen molar-refractivity contribution in [2.45, 2.75) is 50.0 Å². The van der Waals surface area contributed by atoms with Crippen molar-refractivity contribution in [1.82, 2.24) is 4.90 Å². The van der Waals surface area contributed by atoms with Gasteiger partial charge in [0.15, 0.2) is 0 Å². The Labute approximate surface area is 168 Å². The molecule has 1 amide bonds. The summed E-state index contributed by atoms with van der Waals surface area (Å²) in [6.07, 6.45) is 5.78.